The van der Waals surface area contributed by atoms with Gasteiger partial charge in [0.15, 0.2) is 0 Å². The molecular formula is C11H18BrN3S. The number of likely N-dealkylation sites (N-methyl/N-ethyl adjacent to an activating group) is 2. The van der Waals surface area contributed by atoms with Crippen molar-refractivity contribution in [3.05, 3.63) is 15.9 Å². The van der Waals surface area contributed by atoms with Crippen LogP contribution in [0.2, 0.25) is 0 Å². The van der Waals surface area contributed by atoms with Crippen LogP contribution in [0.1, 0.15) is 0 Å². The van der Waals surface area contributed by atoms with Gasteiger partial charge in [0.05, 0.1) is 5.00 Å². The average Bonchev–Trinajstić information content (AvgIpc) is 2.65. The van der Waals surface area contributed by atoms with Gasteiger partial charge >= 0.3 is 0 Å². The first kappa shape index (κ1) is 12.4. The average molecular weight is 304 g/mol. The molecule has 2 rings (SSSR count). The highest BCUT2D eigenvalue weighted by atomic mass is 79.9. The number of nitrogens with zero attached hydrogens (tertiary/aromatic N) is 2. The Morgan fingerprint density at radius 3 is 3.12 bits per heavy atom. The van der Waals surface area contributed by atoms with Gasteiger partial charge in [0.25, 0.3) is 0 Å². The highest BCUT2D eigenvalue weighted by molar-refractivity contribution is 9.10. The van der Waals surface area contributed by atoms with Crippen LogP contribution < -0.4 is 10.2 Å². The monoisotopic (exact) mass is 303 g/mol. The zero-order chi connectivity index (χ0) is 11.5. The van der Waals surface area contributed by atoms with Crippen LogP contribution in [0.25, 0.3) is 0 Å². The Kier molecular flexibility index (Phi) is 4.24. The molecular weight excluding hydrogens is 286 g/mol. The lowest BCUT2D eigenvalue weighted by Crippen LogP contribution is -2.53. The molecule has 1 unspecified atom stereocenters. The Morgan fingerprint density at radius 1 is 1.69 bits per heavy atom. The molecule has 0 aromatic carbocycles. The Morgan fingerprint density at radius 2 is 2.50 bits per heavy atom. The zero-order valence-corrected chi connectivity index (χ0v) is 12.1. The Balaban J connectivity index is 1.89. The van der Waals surface area contributed by atoms with Gasteiger partial charge in [0.1, 0.15) is 0 Å². The minimum Gasteiger partial charge on any atom is -0.365 e. The van der Waals surface area contributed by atoms with Gasteiger partial charge in [-0.25, -0.2) is 0 Å². The van der Waals surface area contributed by atoms with Crippen molar-refractivity contribution in [1.82, 2.24) is 10.2 Å². The third kappa shape index (κ3) is 3.20. The Bertz CT molecular complexity index is 342. The summed E-state index contributed by atoms with van der Waals surface area (Å²) in [5.41, 5.74) is 0. The van der Waals surface area contributed by atoms with Crippen molar-refractivity contribution < 1.29 is 0 Å². The van der Waals surface area contributed by atoms with E-state index in [1.54, 1.807) is 11.3 Å². The van der Waals surface area contributed by atoms with Gasteiger partial charge in [-0.05, 0) is 29.0 Å². The number of hydrogen-bond acceptors (Lipinski definition) is 4. The van der Waals surface area contributed by atoms with Crippen LogP contribution in [0.3, 0.4) is 0 Å². The second kappa shape index (κ2) is 5.49. The first-order valence-electron chi connectivity index (χ1n) is 5.52. The molecule has 0 bridgehead atoms. The lowest BCUT2D eigenvalue weighted by Gasteiger charge is -2.33. The van der Waals surface area contributed by atoms with E-state index >= 15 is 0 Å². The van der Waals surface area contributed by atoms with Crippen molar-refractivity contribution >= 4 is 32.3 Å². The number of thiophene rings is 1. The number of nitrogens with one attached hydrogen (secondary N) is 1. The van der Waals surface area contributed by atoms with E-state index in [-0.39, 0.29) is 0 Å². The smallest absolute Gasteiger partial charge is 0.0918 e. The van der Waals surface area contributed by atoms with E-state index in [1.807, 2.05) is 0 Å². The third-order valence-electron chi connectivity index (χ3n) is 2.88. The van der Waals surface area contributed by atoms with Crippen LogP contribution in [0.5, 0.6) is 0 Å². The Labute approximate surface area is 110 Å². The molecule has 5 heteroatoms. The van der Waals surface area contributed by atoms with Crippen LogP contribution in [0, 0.1) is 0 Å². The summed E-state index contributed by atoms with van der Waals surface area (Å²) in [5, 5.41) is 7.02. The van der Waals surface area contributed by atoms with Crippen molar-refractivity contribution in [1.29, 1.82) is 0 Å². The predicted molar refractivity (Wildman–Crippen MR) is 74.6 cm³/mol. The van der Waals surface area contributed by atoms with Crippen molar-refractivity contribution in [3.8, 4) is 0 Å². The molecule has 1 aliphatic heterocycles. The molecule has 16 heavy (non-hydrogen) atoms. The van der Waals surface area contributed by atoms with Crippen molar-refractivity contribution in [2.24, 2.45) is 0 Å². The molecule has 3 nitrogen and oxygen atoms in total. The highest BCUT2D eigenvalue weighted by Gasteiger charge is 2.18. The quantitative estimate of drug-likeness (QED) is 0.919. The maximum Gasteiger partial charge on any atom is 0.0918 e. The molecule has 2 heterocycles. The zero-order valence-electron chi connectivity index (χ0n) is 9.74. The predicted octanol–water partition coefficient (Wildman–Crippen LogP) is 1.85. The van der Waals surface area contributed by atoms with E-state index < -0.39 is 0 Å². The van der Waals surface area contributed by atoms with Crippen molar-refractivity contribution in [2.45, 2.75) is 6.04 Å². The fourth-order valence-electron chi connectivity index (χ4n) is 2.04. The molecule has 0 saturated carbocycles. The molecule has 1 atom stereocenters. The maximum absolute atomic E-state index is 3.57. The summed E-state index contributed by atoms with van der Waals surface area (Å²) in [6.07, 6.45) is 0. The molecule has 1 aromatic rings. The van der Waals surface area contributed by atoms with E-state index in [0.717, 1.165) is 26.2 Å². The van der Waals surface area contributed by atoms with E-state index in [0.29, 0.717) is 6.04 Å². The summed E-state index contributed by atoms with van der Waals surface area (Å²) < 4.78 is 1.17. The first-order valence-corrected chi connectivity index (χ1v) is 7.19. The molecule has 0 aliphatic carbocycles. The molecule has 1 saturated heterocycles. The van der Waals surface area contributed by atoms with Gasteiger partial charge in [0, 0.05) is 49.1 Å². The number of hydrogen-bond donors (Lipinski definition) is 1. The van der Waals surface area contributed by atoms with Gasteiger partial charge in [-0.1, -0.05) is 0 Å². The number of piperazine rings is 1. The van der Waals surface area contributed by atoms with E-state index in [1.165, 1.54) is 9.47 Å². The lowest BCUT2D eigenvalue weighted by molar-refractivity contribution is 0.241. The normalized spacial score (nSPS) is 22.3. The summed E-state index contributed by atoms with van der Waals surface area (Å²) >= 11 is 5.28. The number of anilines is 1. The molecule has 0 radical (unpaired) electrons. The first-order chi connectivity index (χ1) is 7.65. The minimum absolute atomic E-state index is 0.574. The second-order valence-electron chi connectivity index (χ2n) is 4.40. The largest absolute Gasteiger partial charge is 0.365 e. The number of rotatable bonds is 3. The van der Waals surface area contributed by atoms with Gasteiger partial charge in [-0.15, -0.1) is 11.3 Å². The van der Waals surface area contributed by atoms with E-state index in [9.17, 15) is 0 Å². The summed E-state index contributed by atoms with van der Waals surface area (Å²) in [6, 6.07) is 2.75. The molecule has 0 spiro atoms. The fourth-order valence-corrected chi connectivity index (χ4v) is 3.44. The SMILES string of the molecule is CN1CCNC(CN(C)c2cc(Br)cs2)C1. The highest BCUT2D eigenvalue weighted by Crippen LogP contribution is 2.27. The number of halogens is 1. The fraction of sp³-hybridized carbons (Fsp3) is 0.636. The molecule has 1 aliphatic rings. The Hall–Kier alpha value is -0.100. The van der Waals surface area contributed by atoms with E-state index in [2.05, 4.69) is 56.6 Å². The third-order valence-corrected chi connectivity index (χ3v) is 4.69. The van der Waals surface area contributed by atoms with Gasteiger partial charge < -0.3 is 15.1 Å². The lowest BCUT2D eigenvalue weighted by atomic mass is 10.2. The second-order valence-corrected chi connectivity index (χ2v) is 6.20. The van der Waals surface area contributed by atoms with Crippen LogP contribution in [-0.4, -0.2) is 51.2 Å². The maximum atomic E-state index is 3.57. The van der Waals surface area contributed by atoms with Gasteiger partial charge in [0.2, 0.25) is 0 Å². The van der Waals surface area contributed by atoms with Crippen LogP contribution in [-0.2, 0) is 0 Å². The molecule has 1 fully saturated rings. The van der Waals surface area contributed by atoms with Crippen LogP contribution in [0.4, 0.5) is 5.00 Å². The van der Waals surface area contributed by atoms with Crippen LogP contribution in [0.15, 0.2) is 15.9 Å². The standard InChI is InChI=1S/C11H18BrN3S/c1-14-4-3-13-10(6-14)7-15(2)11-5-9(12)8-16-11/h5,8,10,13H,3-4,6-7H2,1-2H3. The van der Waals surface area contributed by atoms with Gasteiger partial charge in [-0.3, -0.25) is 0 Å². The summed E-state index contributed by atoms with van der Waals surface area (Å²) in [5.74, 6) is 0. The van der Waals surface area contributed by atoms with Gasteiger partial charge in [-0.2, -0.15) is 0 Å². The molecule has 90 valence electrons. The summed E-state index contributed by atoms with van der Waals surface area (Å²) in [7, 11) is 4.35. The van der Waals surface area contributed by atoms with E-state index in [4.69, 9.17) is 0 Å². The topological polar surface area (TPSA) is 18.5 Å². The van der Waals surface area contributed by atoms with Crippen molar-refractivity contribution in [2.75, 3.05) is 45.2 Å². The van der Waals surface area contributed by atoms with Crippen molar-refractivity contribution in [3.63, 3.8) is 0 Å². The molecule has 0 amide bonds. The summed E-state index contributed by atoms with van der Waals surface area (Å²) in [6.45, 7) is 4.46. The summed E-state index contributed by atoms with van der Waals surface area (Å²) in [4.78, 5) is 4.71. The molecule has 1 N–H and O–H groups in total. The van der Waals surface area contributed by atoms with Crippen LogP contribution >= 0.6 is 27.3 Å². The molecule has 1 aromatic heterocycles. The minimum atomic E-state index is 0.574.